The van der Waals surface area contributed by atoms with Crippen molar-refractivity contribution in [2.24, 2.45) is 0 Å². The molecule has 2 aromatic rings. The summed E-state index contributed by atoms with van der Waals surface area (Å²) in [5.41, 5.74) is 2.36. The van der Waals surface area contributed by atoms with Gasteiger partial charge in [-0.15, -0.1) is 0 Å². The van der Waals surface area contributed by atoms with Crippen LogP contribution in [0, 0.1) is 5.82 Å². The molecule has 2 amide bonds. The Labute approximate surface area is 134 Å². The molecule has 0 aliphatic carbocycles. The number of hydrogen-bond acceptors (Lipinski definition) is 2. The van der Waals surface area contributed by atoms with Crippen LogP contribution in [0.1, 0.15) is 30.9 Å². The summed E-state index contributed by atoms with van der Waals surface area (Å²) in [6, 6.07) is 13.2. The maximum Gasteiger partial charge on any atom is 0.313 e. The minimum absolute atomic E-state index is 0.242. The van der Waals surface area contributed by atoms with Gasteiger partial charge in [0.15, 0.2) is 0 Å². The monoisotopic (exact) mass is 314 g/mol. The van der Waals surface area contributed by atoms with Gasteiger partial charge in [-0.1, -0.05) is 44.2 Å². The topological polar surface area (TPSA) is 58.2 Å². The summed E-state index contributed by atoms with van der Waals surface area (Å²) < 4.78 is 13.0. The molecule has 0 aromatic heterocycles. The van der Waals surface area contributed by atoms with Crippen molar-refractivity contribution in [3.8, 4) is 0 Å². The Morgan fingerprint density at radius 3 is 2.35 bits per heavy atom. The third kappa shape index (κ3) is 4.92. The number of amides is 2. The van der Waals surface area contributed by atoms with Crippen molar-refractivity contribution in [3.05, 3.63) is 65.5 Å². The predicted molar refractivity (Wildman–Crippen MR) is 87.4 cm³/mol. The fourth-order valence-corrected chi connectivity index (χ4v) is 2.04. The van der Waals surface area contributed by atoms with E-state index in [4.69, 9.17) is 0 Å². The van der Waals surface area contributed by atoms with E-state index >= 15 is 0 Å². The molecular weight excluding hydrogens is 295 g/mol. The highest BCUT2D eigenvalue weighted by Crippen LogP contribution is 2.14. The molecule has 2 rings (SSSR count). The Balaban J connectivity index is 1.87. The number of carbonyl (C=O) groups excluding carboxylic acids is 2. The third-order valence-corrected chi connectivity index (χ3v) is 3.39. The molecular formula is C18H19FN2O2. The first-order valence-corrected chi connectivity index (χ1v) is 7.39. The standard InChI is InChI=1S/C18H19FN2O2/c1-12(2)14-8-6-13(7-9-14)11-20-17(22)18(23)21-16-5-3-4-15(19)10-16/h3-10,12H,11H2,1-2H3,(H,20,22)(H,21,23). The second-order valence-corrected chi connectivity index (χ2v) is 5.54. The molecule has 0 bridgehead atoms. The number of rotatable bonds is 4. The molecule has 23 heavy (non-hydrogen) atoms. The fraction of sp³-hybridized carbons (Fsp3) is 0.222. The van der Waals surface area contributed by atoms with Crippen molar-refractivity contribution < 1.29 is 14.0 Å². The molecule has 0 atom stereocenters. The Morgan fingerprint density at radius 2 is 1.74 bits per heavy atom. The van der Waals surface area contributed by atoms with E-state index in [1.165, 1.54) is 23.8 Å². The molecule has 2 N–H and O–H groups in total. The molecule has 5 heteroatoms. The van der Waals surface area contributed by atoms with Gasteiger partial charge >= 0.3 is 11.8 Å². The van der Waals surface area contributed by atoms with E-state index in [0.29, 0.717) is 5.92 Å². The van der Waals surface area contributed by atoms with Gasteiger partial charge < -0.3 is 10.6 Å². The minimum Gasteiger partial charge on any atom is -0.344 e. The molecule has 2 aromatic carbocycles. The molecule has 120 valence electrons. The Morgan fingerprint density at radius 1 is 1.04 bits per heavy atom. The lowest BCUT2D eigenvalue weighted by molar-refractivity contribution is -0.136. The van der Waals surface area contributed by atoms with Gasteiger partial charge in [-0.25, -0.2) is 4.39 Å². The summed E-state index contributed by atoms with van der Waals surface area (Å²) in [4.78, 5) is 23.5. The second kappa shape index (κ2) is 7.54. The van der Waals surface area contributed by atoms with E-state index in [1.54, 1.807) is 0 Å². The highest BCUT2D eigenvalue weighted by atomic mass is 19.1. The van der Waals surface area contributed by atoms with Crippen LogP contribution in [-0.2, 0) is 16.1 Å². The summed E-state index contributed by atoms with van der Waals surface area (Å²) in [5.74, 6) is -1.62. The Hall–Kier alpha value is -2.69. The highest BCUT2D eigenvalue weighted by molar-refractivity contribution is 6.39. The molecule has 0 aliphatic rings. The number of carbonyl (C=O) groups is 2. The van der Waals surface area contributed by atoms with Crippen LogP contribution in [0.25, 0.3) is 0 Å². The van der Waals surface area contributed by atoms with Crippen LogP contribution in [0.5, 0.6) is 0 Å². The van der Waals surface area contributed by atoms with Crippen molar-refractivity contribution in [2.75, 3.05) is 5.32 Å². The van der Waals surface area contributed by atoms with Crippen molar-refractivity contribution in [1.82, 2.24) is 5.32 Å². The molecule has 0 spiro atoms. The van der Waals surface area contributed by atoms with Gasteiger partial charge in [0, 0.05) is 12.2 Å². The van der Waals surface area contributed by atoms with Gasteiger partial charge in [-0.3, -0.25) is 9.59 Å². The first kappa shape index (κ1) is 16.7. The molecule has 4 nitrogen and oxygen atoms in total. The SMILES string of the molecule is CC(C)c1ccc(CNC(=O)C(=O)Nc2cccc(F)c2)cc1. The van der Waals surface area contributed by atoms with Gasteiger partial charge in [0.1, 0.15) is 5.82 Å². The van der Waals surface area contributed by atoms with E-state index in [-0.39, 0.29) is 12.2 Å². The van der Waals surface area contributed by atoms with E-state index in [1.807, 2.05) is 24.3 Å². The summed E-state index contributed by atoms with van der Waals surface area (Å²) in [7, 11) is 0. The predicted octanol–water partition coefficient (Wildman–Crippen LogP) is 3.20. The Kier molecular flexibility index (Phi) is 5.46. The highest BCUT2D eigenvalue weighted by Gasteiger charge is 2.13. The average molecular weight is 314 g/mol. The van der Waals surface area contributed by atoms with Gasteiger partial charge in [0.2, 0.25) is 0 Å². The first-order chi connectivity index (χ1) is 11.0. The van der Waals surface area contributed by atoms with Crippen molar-refractivity contribution in [3.63, 3.8) is 0 Å². The van der Waals surface area contributed by atoms with Crippen LogP contribution in [0.4, 0.5) is 10.1 Å². The van der Waals surface area contributed by atoms with E-state index in [9.17, 15) is 14.0 Å². The summed E-state index contributed by atoms with van der Waals surface area (Å²) in [5, 5.41) is 4.89. The molecule has 0 saturated carbocycles. The average Bonchev–Trinajstić information content (AvgIpc) is 2.53. The van der Waals surface area contributed by atoms with Crippen molar-refractivity contribution in [2.45, 2.75) is 26.3 Å². The Bertz CT molecular complexity index is 696. The fourth-order valence-electron chi connectivity index (χ4n) is 2.04. The van der Waals surface area contributed by atoms with Crippen LogP contribution in [0.15, 0.2) is 48.5 Å². The van der Waals surface area contributed by atoms with Crippen LogP contribution in [0.2, 0.25) is 0 Å². The third-order valence-electron chi connectivity index (χ3n) is 3.39. The molecule has 0 fully saturated rings. The molecule has 0 aliphatic heterocycles. The van der Waals surface area contributed by atoms with Gasteiger partial charge in [-0.2, -0.15) is 0 Å². The number of halogens is 1. The zero-order valence-corrected chi connectivity index (χ0v) is 13.1. The zero-order valence-electron chi connectivity index (χ0n) is 13.1. The maximum absolute atomic E-state index is 13.0. The smallest absolute Gasteiger partial charge is 0.313 e. The second-order valence-electron chi connectivity index (χ2n) is 5.54. The van der Waals surface area contributed by atoms with Crippen LogP contribution in [0.3, 0.4) is 0 Å². The van der Waals surface area contributed by atoms with E-state index in [0.717, 1.165) is 11.6 Å². The number of nitrogens with one attached hydrogen (secondary N) is 2. The lowest BCUT2D eigenvalue weighted by Gasteiger charge is -2.08. The molecule has 0 saturated heterocycles. The maximum atomic E-state index is 13.0. The van der Waals surface area contributed by atoms with Crippen LogP contribution < -0.4 is 10.6 Å². The van der Waals surface area contributed by atoms with Crippen LogP contribution >= 0.6 is 0 Å². The van der Waals surface area contributed by atoms with Gasteiger partial charge in [0.25, 0.3) is 0 Å². The van der Waals surface area contributed by atoms with Crippen molar-refractivity contribution in [1.29, 1.82) is 0 Å². The molecule has 0 unspecified atom stereocenters. The summed E-state index contributed by atoms with van der Waals surface area (Å²) in [6.45, 7) is 4.47. The van der Waals surface area contributed by atoms with Gasteiger partial charge in [0.05, 0.1) is 0 Å². The van der Waals surface area contributed by atoms with Gasteiger partial charge in [-0.05, 0) is 35.2 Å². The van der Waals surface area contributed by atoms with E-state index < -0.39 is 17.6 Å². The molecule has 0 heterocycles. The quantitative estimate of drug-likeness (QED) is 0.851. The summed E-state index contributed by atoms with van der Waals surface area (Å²) in [6.07, 6.45) is 0. The van der Waals surface area contributed by atoms with Crippen LogP contribution in [-0.4, -0.2) is 11.8 Å². The lowest BCUT2D eigenvalue weighted by Crippen LogP contribution is -2.34. The van der Waals surface area contributed by atoms with E-state index in [2.05, 4.69) is 24.5 Å². The number of hydrogen-bond donors (Lipinski definition) is 2. The van der Waals surface area contributed by atoms with Crippen molar-refractivity contribution >= 4 is 17.5 Å². The summed E-state index contributed by atoms with van der Waals surface area (Å²) >= 11 is 0. The largest absolute Gasteiger partial charge is 0.344 e. The number of anilines is 1. The normalized spacial score (nSPS) is 10.4. The number of benzene rings is 2. The minimum atomic E-state index is -0.825. The zero-order chi connectivity index (χ0) is 16.8. The first-order valence-electron chi connectivity index (χ1n) is 7.39. The lowest BCUT2D eigenvalue weighted by atomic mass is 10.0. The molecule has 0 radical (unpaired) electrons.